The van der Waals surface area contributed by atoms with E-state index in [1.807, 2.05) is 60.7 Å². The molecule has 1 atom stereocenters. The number of esters is 1. The van der Waals surface area contributed by atoms with Crippen molar-refractivity contribution in [3.8, 4) is 0 Å². The molecule has 0 saturated carbocycles. The highest BCUT2D eigenvalue weighted by atomic mass is 16.5. The summed E-state index contributed by atoms with van der Waals surface area (Å²) >= 11 is 0. The van der Waals surface area contributed by atoms with Gasteiger partial charge in [0, 0.05) is 11.8 Å². The third-order valence-corrected chi connectivity index (χ3v) is 4.51. The standard InChI is InChI=1S/C23H22N2O4/c1-15(26)19-13-20(24-14-19)23(28)29-16(2)22(27)25-21(17-9-5-3-6-10-17)18-11-7-4-8-12-18/h3-14,16,21,24H,1-2H3,(H,25,27)/t16-/m0/s1. The number of rotatable bonds is 7. The molecule has 6 nitrogen and oxygen atoms in total. The number of hydrogen-bond acceptors (Lipinski definition) is 4. The number of amides is 1. The maximum Gasteiger partial charge on any atom is 0.355 e. The summed E-state index contributed by atoms with van der Waals surface area (Å²) in [5.41, 5.74) is 2.34. The van der Waals surface area contributed by atoms with Crippen LogP contribution in [0.2, 0.25) is 0 Å². The SMILES string of the molecule is CC(=O)c1c[nH]c(C(=O)O[C@@H](C)C(=O)NC(c2ccccc2)c2ccccc2)c1. The van der Waals surface area contributed by atoms with E-state index in [1.165, 1.54) is 26.1 Å². The Morgan fingerprint density at radius 3 is 1.97 bits per heavy atom. The fourth-order valence-corrected chi connectivity index (χ4v) is 2.90. The van der Waals surface area contributed by atoms with Crippen molar-refractivity contribution in [2.24, 2.45) is 0 Å². The minimum Gasteiger partial charge on any atom is -0.448 e. The molecule has 0 bridgehead atoms. The molecule has 1 aromatic heterocycles. The minimum atomic E-state index is -1.01. The molecule has 0 aliphatic heterocycles. The topological polar surface area (TPSA) is 88.3 Å². The average Bonchev–Trinajstić information content (AvgIpc) is 3.24. The van der Waals surface area contributed by atoms with Crippen LogP contribution in [0.3, 0.4) is 0 Å². The fourth-order valence-electron chi connectivity index (χ4n) is 2.90. The molecule has 29 heavy (non-hydrogen) atoms. The Balaban J connectivity index is 1.72. The molecule has 0 aliphatic carbocycles. The Labute approximate surface area is 168 Å². The predicted octanol–water partition coefficient (Wildman–Crippen LogP) is 3.67. The molecular formula is C23H22N2O4. The summed E-state index contributed by atoms with van der Waals surface area (Å²) in [5.74, 6) is -1.29. The summed E-state index contributed by atoms with van der Waals surface area (Å²) < 4.78 is 5.27. The van der Waals surface area contributed by atoms with Crippen LogP contribution in [0, 0.1) is 0 Å². The number of nitrogens with one attached hydrogen (secondary N) is 2. The molecular weight excluding hydrogens is 368 g/mol. The number of benzene rings is 2. The highest BCUT2D eigenvalue weighted by molar-refractivity contribution is 5.98. The van der Waals surface area contributed by atoms with E-state index in [0.717, 1.165) is 11.1 Å². The number of aromatic nitrogens is 1. The number of carbonyl (C=O) groups is 3. The van der Waals surface area contributed by atoms with E-state index in [9.17, 15) is 14.4 Å². The number of ketones is 1. The first-order valence-corrected chi connectivity index (χ1v) is 9.26. The van der Waals surface area contributed by atoms with E-state index in [4.69, 9.17) is 4.74 Å². The van der Waals surface area contributed by atoms with Gasteiger partial charge >= 0.3 is 5.97 Å². The minimum absolute atomic E-state index is 0.123. The van der Waals surface area contributed by atoms with Crippen LogP contribution < -0.4 is 5.32 Å². The quantitative estimate of drug-likeness (QED) is 0.476. The molecule has 3 rings (SSSR count). The first-order valence-electron chi connectivity index (χ1n) is 9.26. The third kappa shape index (κ3) is 4.99. The Bertz CT molecular complexity index is 956. The third-order valence-electron chi connectivity index (χ3n) is 4.51. The molecule has 0 radical (unpaired) electrons. The largest absolute Gasteiger partial charge is 0.448 e. The van der Waals surface area contributed by atoms with Crippen molar-refractivity contribution in [1.82, 2.24) is 10.3 Å². The van der Waals surface area contributed by atoms with Gasteiger partial charge in [0.05, 0.1) is 6.04 Å². The van der Waals surface area contributed by atoms with Crippen LogP contribution in [0.1, 0.15) is 51.9 Å². The van der Waals surface area contributed by atoms with Crippen LogP contribution in [-0.2, 0) is 9.53 Å². The lowest BCUT2D eigenvalue weighted by molar-refractivity contribution is -0.129. The Hall–Kier alpha value is -3.67. The van der Waals surface area contributed by atoms with Crippen LogP contribution in [0.15, 0.2) is 72.9 Å². The lowest BCUT2D eigenvalue weighted by Gasteiger charge is -2.22. The van der Waals surface area contributed by atoms with Gasteiger partial charge in [-0.1, -0.05) is 60.7 Å². The van der Waals surface area contributed by atoms with Gasteiger partial charge in [-0.15, -0.1) is 0 Å². The number of hydrogen-bond donors (Lipinski definition) is 2. The fraction of sp³-hybridized carbons (Fsp3) is 0.174. The van der Waals surface area contributed by atoms with Gasteiger partial charge in [0.1, 0.15) is 5.69 Å². The van der Waals surface area contributed by atoms with Gasteiger partial charge in [0.2, 0.25) is 0 Å². The molecule has 6 heteroatoms. The Morgan fingerprint density at radius 1 is 0.931 bits per heavy atom. The zero-order chi connectivity index (χ0) is 20.8. The summed E-state index contributed by atoms with van der Waals surface area (Å²) in [6.07, 6.45) is 0.423. The van der Waals surface area contributed by atoms with Crippen molar-refractivity contribution in [1.29, 1.82) is 0 Å². The normalized spacial score (nSPS) is 11.7. The molecule has 1 heterocycles. The zero-order valence-corrected chi connectivity index (χ0v) is 16.2. The number of aromatic amines is 1. The summed E-state index contributed by atoms with van der Waals surface area (Å²) in [4.78, 5) is 39.1. The van der Waals surface area contributed by atoms with Crippen molar-refractivity contribution in [2.75, 3.05) is 0 Å². The number of Topliss-reactive ketones (excluding diaryl/α,β-unsaturated/α-hetero) is 1. The summed E-state index contributed by atoms with van der Waals surface area (Å²) in [5, 5.41) is 2.95. The van der Waals surface area contributed by atoms with E-state index in [2.05, 4.69) is 10.3 Å². The van der Waals surface area contributed by atoms with Gasteiger partial charge in [0.25, 0.3) is 5.91 Å². The van der Waals surface area contributed by atoms with Crippen molar-refractivity contribution in [3.05, 3.63) is 95.3 Å². The molecule has 0 spiro atoms. The van der Waals surface area contributed by atoms with Crippen molar-refractivity contribution in [3.63, 3.8) is 0 Å². The molecule has 2 N–H and O–H groups in total. The molecule has 148 valence electrons. The predicted molar refractivity (Wildman–Crippen MR) is 109 cm³/mol. The van der Waals surface area contributed by atoms with Gasteiger partial charge < -0.3 is 15.0 Å². The maximum atomic E-state index is 12.7. The molecule has 0 fully saturated rings. The van der Waals surface area contributed by atoms with Gasteiger partial charge in [0.15, 0.2) is 11.9 Å². The molecule has 3 aromatic rings. The lowest BCUT2D eigenvalue weighted by Crippen LogP contribution is -2.38. The Morgan fingerprint density at radius 2 is 1.48 bits per heavy atom. The van der Waals surface area contributed by atoms with Crippen LogP contribution in [0.25, 0.3) is 0 Å². The van der Waals surface area contributed by atoms with Gasteiger partial charge in [-0.3, -0.25) is 9.59 Å². The highest BCUT2D eigenvalue weighted by Gasteiger charge is 2.24. The van der Waals surface area contributed by atoms with Crippen molar-refractivity contribution >= 4 is 17.7 Å². The lowest BCUT2D eigenvalue weighted by atomic mass is 9.98. The smallest absolute Gasteiger partial charge is 0.355 e. The zero-order valence-electron chi connectivity index (χ0n) is 16.2. The summed E-state index contributed by atoms with van der Waals surface area (Å²) in [6, 6.07) is 20.2. The highest BCUT2D eigenvalue weighted by Crippen LogP contribution is 2.22. The maximum absolute atomic E-state index is 12.7. The second-order valence-corrected chi connectivity index (χ2v) is 6.67. The van der Waals surface area contributed by atoms with Crippen LogP contribution >= 0.6 is 0 Å². The van der Waals surface area contributed by atoms with Crippen LogP contribution in [0.4, 0.5) is 0 Å². The second kappa shape index (κ2) is 9.01. The van der Waals surface area contributed by atoms with Crippen LogP contribution in [-0.4, -0.2) is 28.7 Å². The monoisotopic (exact) mass is 390 g/mol. The van der Waals surface area contributed by atoms with Gasteiger partial charge in [-0.05, 0) is 31.0 Å². The average molecular weight is 390 g/mol. The van der Waals surface area contributed by atoms with E-state index in [-0.39, 0.29) is 17.5 Å². The number of carbonyl (C=O) groups excluding carboxylic acids is 3. The number of H-pyrrole nitrogens is 1. The van der Waals surface area contributed by atoms with Gasteiger partial charge in [-0.2, -0.15) is 0 Å². The second-order valence-electron chi connectivity index (χ2n) is 6.67. The van der Waals surface area contributed by atoms with Crippen LogP contribution in [0.5, 0.6) is 0 Å². The van der Waals surface area contributed by atoms with E-state index in [0.29, 0.717) is 5.56 Å². The van der Waals surface area contributed by atoms with Gasteiger partial charge in [-0.25, -0.2) is 4.79 Å². The molecule has 0 unspecified atom stereocenters. The molecule has 1 amide bonds. The first-order chi connectivity index (χ1) is 14.0. The van der Waals surface area contributed by atoms with Crippen molar-refractivity contribution in [2.45, 2.75) is 26.0 Å². The molecule has 0 aliphatic rings. The summed E-state index contributed by atoms with van der Waals surface area (Å²) in [7, 11) is 0. The first kappa shape index (κ1) is 20.1. The molecule has 0 saturated heterocycles. The van der Waals surface area contributed by atoms with E-state index in [1.54, 1.807) is 0 Å². The summed E-state index contributed by atoms with van der Waals surface area (Å²) in [6.45, 7) is 2.91. The molecule has 2 aromatic carbocycles. The van der Waals surface area contributed by atoms with E-state index < -0.39 is 18.0 Å². The van der Waals surface area contributed by atoms with E-state index >= 15 is 0 Å². The Kier molecular flexibility index (Phi) is 6.24. The number of ether oxygens (including phenoxy) is 1. The van der Waals surface area contributed by atoms with Crippen molar-refractivity contribution < 1.29 is 19.1 Å².